The fourth-order valence-electron chi connectivity index (χ4n) is 2.95. The van der Waals surface area contributed by atoms with Crippen LogP contribution in [0.1, 0.15) is 35.0 Å². The Morgan fingerprint density at radius 2 is 1.89 bits per heavy atom. The van der Waals surface area contributed by atoms with E-state index >= 15 is 0 Å². The molecule has 1 heterocycles. The lowest BCUT2D eigenvalue weighted by Crippen LogP contribution is -2.26. The molecular formula is C22H23N3O3. The second kappa shape index (κ2) is 8.99. The minimum absolute atomic E-state index is 0.202. The van der Waals surface area contributed by atoms with Crippen molar-refractivity contribution in [3.05, 3.63) is 87.8 Å². The van der Waals surface area contributed by atoms with Crippen LogP contribution in [0, 0.1) is 0 Å². The van der Waals surface area contributed by atoms with Crippen LogP contribution in [0.4, 0.5) is 5.69 Å². The largest absolute Gasteiger partial charge is 0.496 e. The van der Waals surface area contributed by atoms with Gasteiger partial charge in [-0.3, -0.25) is 9.59 Å². The van der Waals surface area contributed by atoms with Crippen LogP contribution >= 0.6 is 0 Å². The maximum Gasteiger partial charge on any atom is 0.276 e. The zero-order chi connectivity index (χ0) is 19.9. The van der Waals surface area contributed by atoms with Crippen LogP contribution in [0.5, 0.6) is 5.75 Å². The predicted molar refractivity (Wildman–Crippen MR) is 109 cm³/mol. The third-order valence-corrected chi connectivity index (χ3v) is 4.31. The van der Waals surface area contributed by atoms with Crippen molar-refractivity contribution in [1.82, 2.24) is 9.78 Å². The summed E-state index contributed by atoms with van der Waals surface area (Å²) in [5, 5.41) is 7.00. The molecule has 0 saturated carbocycles. The molecule has 1 amide bonds. The first-order valence-electron chi connectivity index (χ1n) is 9.21. The van der Waals surface area contributed by atoms with E-state index in [0.29, 0.717) is 18.7 Å². The zero-order valence-electron chi connectivity index (χ0n) is 16.0. The van der Waals surface area contributed by atoms with E-state index in [1.54, 1.807) is 13.2 Å². The quantitative estimate of drug-likeness (QED) is 0.684. The molecule has 28 heavy (non-hydrogen) atoms. The number of carbonyl (C=O) groups is 1. The fraction of sp³-hybridized carbons (Fsp3) is 0.227. The van der Waals surface area contributed by atoms with Gasteiger partial charge in [0.05, 0.1) is 7.11 Å². The van der Waals surface area contributed by atoms with Gasteiger partial charge in [0.1, 0.15) is 11.4 Å². The lowest BCUT2D eigenvalue weighted by molar-refractivity contribution is 0.101. The van der Waals surface area contributed by atoms with Crippen LogP contribution in [0.2, 0.25) is 0 Å². The highest BCUT2D eigenvalue weighted by Gasteiger charge is 2.12. The number of amides is 1. The standard InChI is InChI=1S/C22H23N3O3/c1-3-13-25-21(26)12-10-19(24-25)22(27)23-18-9-11-20(28-2)17(15-18)14-16-7-5-4-6-8-16/h4-12,15H,3,13-14H2,1-2H3,(H,23,27). The van der Waals surface area contributed by atoms with Gasteiger partial charge < -0.3 is 10.1 Å². The van der Waals surface area contributed by atoms with Crippen LogP contribution in [0.3, 0.4) is 0 Å². The highest BCUT2D eigenvalue weighted by atomic mass is 16.5. The summed E-state index contributed by atoms with van der Waals surface area (Å²) < 4.78 is 6.76. The molecule has 0 saturated heterocycles. The number of carbonyl (C=O) groups excluding carboxylic acids is 1. The van der Waals surface area contributed by atoms with E-state index in [1.807, 2.05) is 49.4 Å². The maximum absolute atomic E-state index is 12.6. The number of methoxy groups -OCH3 is 1. The number of ether oxygens (including phenoxy) is 1. The molecular weight excluding hydrogens is 354 g/mol. The minimum atomic E-state index is -0.360. The molecule has 3 rings (SSSR count). The van der Waals surface area contributed by atoms with Crippen LogP contribution in [-0.2, 0) is 13.0 Å². The van der Waals surface area contributed by atoms with Gasteiger partial charge in [0.25, 0.3) is 11.5 Å². The Labute approximate surface area is 163 Å². The molecule has 1 aromatic heterocycles. The van der Waals surface area contributed by atoms with Crippen molar-refractivity contribution in [3.8, 4) is 5.75 Å². The average molecular weight is 377 g/mol. The van der Waals surface area contributed by atoms with E-state index < -0.39 is 0 Å². The Kier molecular flexibility index (Phi) is 6.22. The molecule has 0 aliphatic heterocycles. The van der Waals surface area contributed by atoms with Gasteiger partial charge in [-0.1, -0.05) is 37.3 Å². The Morgan fingerprint density at radius 1 is 1.11 bits per heavy atom. The number of hydrogen-bond acceptors (Lipinski definition) is 4. The maximum atomic E-state index is 12.6. The lowest BCUT2D eigenvalue weighted by Gasteiger charge is -2.12. The van der Waals surface area contributed by atoms with Gasteiger partial charge >= 0.3 is 0 Å². The van der Waals surface area contributed by atoms with Crippen LogP contribution in [0.25, 0.3) is 0 Å². The fourth-order valence-corrected chi connectivity index (χ4v) is 2.95. The van der Waals surface area contributed by atoms with Crippen molar-refractivity contribution in [2.45, 2.75) is 26.3 Å². The monoisotopic (exact) mass is 377 g/mol. The molecule has 6 heteroatoms. The van der Waals surface area contributed by atoms with Crippen LogP contribution in [-0.4, -0.2) is 22.8 Å². The number of hydrogen-bond donors (Lipinski definition) is 1. The third kappa shape index (κ3) is 4.65. The van der Waals surface area contributed by atoms with Gasteiger partial charge in [0.2, 0.25) is 0 Å². The molecule has 0 spiro atoms. The molecule has 1 N–H and O–H groups in total. The van der Waals surface area contributed by atoms with Crippen LogP contribution in [0.15, 0.2) is 65.5 Å². The summed E-state index contributed by atoms with van der Waals surface area (Å²) in [4.78, 5) is 24.4. The van der Waals surface area contributed by atoms with E-state index in [9.17, 15) is 9.59 Å². The van der Waals surface area contributed by atoms with Gasteiger partial charge in [-0.2, -0.15) is 5.10 Å². The molecule has 0 unspecified atom stereocenters. The number of nitrogens with one attached hydrogen (secondary N) is 1. The highest BCUT2D eigenvalue weighted by Crippen LogP contribution is 2.25. The topological polar surface area (TPSA) is 73.2 Å². The van der Waals surface area contributed by atoms with Gasteiger partial charge in [-0.25, -0.2) is 4.68 Å². The number of aryl methyl sites for hydroxylation is 1. The molecule has 0 atom stereocenters. The normalized spacial score (nSPS) is 10.5. The second-order valence-electron chi connectivity index (χ2n) is 6.42. The first-order valence-corrected chi connectivity index (χ1v) is 9.21. The molecule has 0 fully saturated rings. The Morgan fingerprint density at radius 3 is 2.61 bits per heavy atom. The van der Waals surface area contributed by atoms with Crippen molar-refractivity contribution < 1.29 is 9.53 Å². The van der Waals surface area contributed by atoms with Gasteiger partial charge in [-0.15, -0.1) is 0 Å². The SMILES string of the molecule is CCCn1nc(C(=O)Nc2ccc(OC)c(Cc3ccccc3)c2)ccc1=O. The number of rotatable bonds is 7. The van der Waals surface area contributed by atoms with Crippen molar-refractivity contribution in [2.24, 2.45) is 0 Å². The summed E-state index contributed by atoms with van der Waals surface area (Å²) >= 11 is 0. The molecule has 0 aliphatic rings. The van der Waals surface area contributed by atoms with Crippen molar-refractivity contribution in [3.63, 3.8) is 0 Å². The molecule has 0 aliphatic carbocycles. The average Bonchev–Trinajstić information content (AvgIpc) is 2.71. The molecule has 0 bridgehead atoms. The first kappa shape index (κ1) is 19.4. The van der Waals surface area contributed by atoms with Crippen molar-refractivity contribution in [1.29, 1.82) is 0 Å². The summed E-state index contributed by atoms with van der Waals surface area (Å²) in [6.07, 6.45) is 1.45. The Bertz CT molecular complexity index is 1010. The Balaban J connectivity index is 1.82. The second-order valence-corrected chi connectivity index (χ2v) is 6.42. The first-order chi connectivity index (χ1) is 13.6. The van der Waals surface area contributed by atoms with E-state index in [-0.39, 0.29) is 17.2 Å². The minimum Gasteiger partial charge on any atom is -0.496 e. The van der Waals surface area contributed by atoms with Gasteiger partial charge in [0, 0.05) is 30.3 Å². The van der Waals surface area contributed by atoms with E-state index in [1.165, 1.54) is 16.8 Å². The Hall–Kier alpha value is -3.41. The van der Waals surface area contributed by atoms with E-state index in [2.05, 4.69) is 10.4 Å². The molecule has 2 aromatic carbocycles. The van der Waals surface area contributed by atoms with Gasteiger partial charge in [0.15, 0.2) is 0 Å². The third-order valence-electron chi connectivity index (χ3n) is 4.31. The predicted octanol–water partition coefficient (Wildman–Crippen LogP) is 3.51. The number of anilines is 1. The number of nitrogens with zero attached hydrogens (tertiary/aromatic N) is 2. The summed E-state index contributed by atoms with van der Waals surface area (Å²) in [5.41, 5.74) is 2.75. The van der Waals surface area contributed by atoms with Crippen molar-refractivity contribution >= 4 is 11.6 Å². The van der Waals surface area contributed by atoms with Gasteiger partial charge in [-0.05, 0) is 36.2 Å². The summed E-state index contributed by atoms with van der Waals surface area (Å²) in [5.74, 6) is 0.400. The number of benzene rings is 2. The smallest absolute Gasteiger partial charge is 0.276 e. The zero-order valence-corrected chi connectivity index (χ0v) is 16.0. The summed E-state index contributed by atoms with van der Waals surface area (Å²) in [6.45, 7) is 2.43. The molecule has 144 valence electrons. The molecule has 3 aromatic rings. The lowest BCUT2D eigenvalue weighted by atomic mass is 10.0. The van der Waals surface area contributed by atoms with Crippen LogP contribution < -0.4 is 15.6 Å². The summed E-state index contributed by atoms with van der Waals surface area (Å²) in [7, 11) is 1.63. The number of aromatic nitrogens is 2. The van der Waals surface area contributed by atoms with E-state index in [0.717, 1.165) is 23.3 Å². The van der Waals surface area contributed by atoms with Crippen molar-refractivity contribution in [2.75, 3.05) is 12.4 Å². The summed E-state index contributed by atoms with van der Waals surface area (Å²) in [6, 6.07) is 18.4. The van der Waals surface area contributed by atoms with E-state index in [4.69, 9.17) is 4.74 Å². The molecule has 6 nitrogen and oxygen atoms in total. The highest BCUT2D eigenvalue weighted by molar-refractivity contribution is 6.02. The molecule has 0 radical (unpaired) electrons.